The highest BCUT2D eigenvalue weighted by Crippen LogP contribution is 2.30. The number of amides is 4. The smallest absolute Gasteiger partial charge is 0.322 e. The molecule has 2 aromatic carbocycles. The Labute approximate surface area is 152 Å². The average Bonchev–Trinajstić information content (AvgIpc) is 2.87. The Morgan fingerprint density at radius 3 is 2.27 bits per heavy atom. The van der Waals surface area contributed by atoms with Crippen molar-refractivity contribution in [3.8, 4) is 0 Å². The Kier molecular flexibility index (Phi) is 4.75. The molecule has 0 spiro atoms. The Hall–Kier alpha value is -3.15. The number of nitrogens with one attached hydrogen (secondary N) is 3. The van der Waals surface area contributed by atoms with Gasteiger partial charge in [-0.25, -0.2) is 4.79 Å². The standard InChI is InChI=1S/C20H21N3O3/c1-13-10-14(2)12-16(11-13)21-17(24)8-9-20(15-6-4-3-5-7-15)18(25)22-19(26)23-20/h3-7,10-12H,8-9H2,1-2H3,(H,21,24)(H2,22,23,25,26). The lowest BCUT2D eigenvalue weighted by Gasteiger charge is -2.26. The molecule has 134 valence electrons. The number of carbonyl (C=O) groups is 3. The maximum atomic E-state index is 12.4. The molecule has 4 amide bonds. The van der Waals surface area contributed by atoms with Crippen LogP contribution in [0.25, 0.3) is 0 Å². The highest BCUT2D eigenvalue weighted by Gasteiger charge is 2.47. The molecule has 0 aromatic heterocycles. The largest absolute Gasteiger partial charge is 0.326 e. The fourth-order valence-corrected chi connectivity index (χ4v) is 3.31. The molecule has 0 radical (unpaired) electrons. The van der Waals surface area contributed by atoms with Gasteiger partial charge in [0.15, 0.2) is 0 Å². The molecule has 6 heteroatoms. The Morgan fingerprint density at radius 2 is 1.69 bits per heavy atom. The van der Waals surface area contributed by atoms with E-state index in [0.29, 0.717) is 5.56 Å². The molecule has 26 heavy (non-hydrogen) atoms. The van der Waals surface area contributed by atoms with Gasteiger partial charge in [0.1, 0.15) is 5.54 Å². The predicted octanol–water partition coefficient (Wildman–Crippen LogP) is 2.76. The van der Waals surface area contributed by atoms with Crippen molar-refractivity contribution in [1.29, 1.82) is 0 Å². The molecule has 3 rings (SSSR count). The van der Waals surface area contributed by atoms with Gasteiger partial charge in [0, 0.05) is 12.1 Å². The van der Waals surface area contributed by atoms with Crippen LogP contribution in [0.15, 0.2) is 48.5 Å². The third-order valence-corrected chi connectivity index (χ3v) is 4.44. The summed E-state index contributed by atoms with van der Waals surface area (Å²) in [5.74, 6) is -0.646. The van der Waals surface area contributed by atoms with Crippen molar-refractivity contribution in [2.24, 2.45) is 0 Å². The van der Waals surface area contributed by atoms with Gasteiger partial charge in [-0.15, -0.1) is 0 Å². The molecule has 1 aliphatic rings. The van der Waals surface area contributed by atoms with Crippen molar-refractivity contribution in [3.63, 3.8) is 0 Å². The molecule has 6 nitrogen and oxygen atoms in total. The van der Waals surface area contributed by atoms with Crippen LogP contribution in [0.5, 0.6) is 0 Å². The van der Waals surface area contributed by atoms with Gasteiger partial charge in [-0.2, -0.15) is 0 Å². The summed E-state index contributed by atoms with van der Waals surface area (Å²) in [7, 11) is 0. The first-order valence-corrected chi connectivity index (χ1v) is 8.46. The highest BCUT2D eigenvalue weighted by atomic mass is 16.2. The first-order valence-electron chi connectivity index (χ1n) is 8.46. The van der Waals surface area contributed by atoms with Crippen LogP contribution in [0.2, 0.25) is 0 Å². The third-order valence-electron chi connectivity index (χ3n) is 4.44. The SMILES string of the molecule is Cc1cc(C)cc(NC(=O)CCC2(c3ccccc3)NC(=O)NC2=O)c1. The van der Waals surface area contributed by atoms with Crippen LogP contribution in [-0.4, -0.2) is 17.8 Å². The Morgan fingerprint density at radius 1 is 1.04 bits per heavy atom. The van der Waals surface area contributed by atoms with Crippen LogP contribution in [0.1, 0.15) is 29.5 Å². The number of hydrogen-bond donors (Lipinski definition) is 3. The maximum absolute atomic E-state index is 12.4. The van der Waals surface area contributed by atoms with Gasteiger partial charge in [0.05, 0.1) is 0 Å². The molecule has 1 heterocycles. The first kappa shape index (κ1) is 17.7. The Bertz CT molecular complexity index is 844. The van der Waals surface area contributed by atoms with E-state index in [1.165, 1.54) is 0 Å². The van der Waals surface area contributed by atoms with Gasteiger partial charge in [-0.3, -0.25) is 14.9 Å². The number of urea groups is 1. The van der Waals surface area contributed by atoms with E-state index in [0.717, 1.165) is 16.8 Å². The summed E-state index contributed by atoms with van der Waals surface area (Å²) in [4.78, 5) is 36.5. The van der Waals surface area contributed by atoms with Gasteiger partial charge < -0.3 is 10.6 Å². The molecule has 1 aliphatic heterocycles. The molecular formula is C20H21N3O3. The summed E-state index contributed by atoms with van der Waals surface area (Å²) in [6.07, 6.45) is 0.265. The molecule has 1 fully saturated rings. The fourth-order valence-electron chi connectivity index (χ4n) is 3.31. The molecule has 3 N–H and O–H groups in total. The zero-order chi connectivity index (χ0) is 18.7. The topological polar surface area (TPSA) is 87.3 Å². The normalized spacial score (nSPS) is 19.0. The van der Waals surface area contributed by atoms with E-state index in [1.54, 1.807) is 24.3 Å². The zero-order valence-corrected chi connectivity index (χ0v) is 14.8. The van der Waals surface area contributed by atoms with Crippen LogP contribution in [-0.2, 0) is 15.1 Å². The number of imide groups is 1. The minimum Gasteiger partial charge on any atom is -0.326 e. The van der Waals surface area contributed by atoms with Crippen LogP contribution in [0.4, 0.5) is 10.5 Å². The van der Waals surface area contributed by atoms with Gasteiger partial charge in [-0.05, 0) is 49.1 Å². The van der Waals surface area contributed by atoms with Crippen molar-refractivity contribution in [1.82, 2.24) is 10.6 Å². The number of rotatable bonds is 5. The van der Waals surface area contributed by atoms with E-state index < -0.39 is 17.5 Å². The number of carbonyl (C=O) groups excluding carboxylic acids is 3. The van der Waals surface area contributed by atoms with Gasteiger partial charge in [-0.1, -0.05) is 36.4 Å². The predicted molar refractivity (Wildman–Crippen MR) is 98.6 cm³/mol. The second kappa shape index (κ2) is 7.00. The molecule has 1 atom stereocenters. The molecule has 1 saturated heterocycles. The average molecular weight is 351 g/mol. The van der Waals surface area contributed by atoms with E-state index in [-0.39, 0.29) is 18.7 Å². The van der Waals surface area contributed by atoms with Crippen molar-refractivity contribution < 1.29 is 14.4 Å². The van der Waals surface area contributed by atoms with Crippen molar-refractivity contribution in [2.45, 2.75) is 32.2 Å². The molecular weight excluding hydrogens is 330 g/mol. The van der Waals surface area contributed by atoms with Crippen LogP contribution in [0.3, 0.4) is 0 Å². The van der Waals surface area contributed by atoms with Crippen LogP contribution in [0, 0.1) is 13.8 Å². The lowest BCUT2D eigenvalue weighted by Crippen LogP contribution is -2.44. The zero-order valence-electron chi connectivity index (χ0n) is 14.8. The van der Waals surface area contributed by atoms with E-state index >= 15 is 0 Å². The van der Waals surface area contributed by atoms with Crippen molar-refractivity contribution >= 4 is 23.5 Å². The molecule has 1 unspecified atom stereocenters. The van der Waals surface area contributed by atoms with Gasteiger partial charge in [0.2, 0.25) is 5.91 Å². The quantitative estimate of drug-likeness (QED) is 0.724. The minimum atomic E-state index is -1.22. The van der Waals surface area contributed by atoms with Crippen LogP contribution >= 0.6 is 0 Å². The second-order valence-electron chi connectivity index (χ2n) is 6.60. The summed E-state index contributed by atoms with van der Waals surface area (Å²) in [5.41, 5.74) is 2.27. The Balaban J connectivity index is 1.75. The first-order chi connectivity index (χ1) is 12.4. The van der Waals surface area contributed by atoms with Gasteiger partial charge in [0.25, 0.3) is 5.91 Å². The monoisotopic (exact) mass is 351 g/mol. The van der Waals surface area contributed by atoms with E-state index in [4.69, 9.17) is 0 Å². The molecule has 2 aromatic rings. The molecule has 0 aliphatic carbocycles. The number of aryl methyl sites for hydroxylation is 2. The summed E-state index contributed by atoms with van der Waals surface area (Å²) in [5, 5.41) is 7.82. The number of benzene rings is 2. The van der Waals surface area contributed by atoms with E-state index in [9.17, 15) is 14.4 Å². The summed E-state index contributed by atoms with van der Waals surface area (Å²) >= 11 is 0. The van der Waals surface area contributed by atoms with Gasteiger partial charge >= 0.3 is 6.03 Å². The second-order valence-corrected chi connectivity index (χ2v) is 6.60. The number of anilines is 1. The van der Waals surface area contributed by atoms with Crippen LogP contribution < -0.4 is 16.0 Å². The minimum absolute atomic E-state index is 0.0928. The fraction of sp³-hybridized carbons (Fsp3) is 0.250. The summed E-state index contributed by atoms with van der Waals surface area (Å²) < 4.78 is 0. The van der Waals surface area contributed by atoms with Crippen molar-refractivity contribution in [2.75, 3.05) is 5.32 Å². The molecule has 0 saturated carbocycles. The summed E-state index contributed by atoms with van der Waals surface area (Å²) in [6.45, 7) is 3.93. The van der Waals surface area contributed by atoms with E-state index in [2.05, 4.69) is 16.0 Å². The summed E-state index contributed by atoms with van der Waals surface area (Å²) in [6, 6.07) is 14.2. The van der Waals surface area contributed by atoms with E-state index in [1.807, 2.05) is 38.1 Å². The highest BCUT2D eigenvalue weighted by molar-refractivity contribution is 6.07. The maximum Gasteiger partial charge on any atom is 0.322 e. The lowest BCUT2D eigenvalue weighted by atomic mass is 9.85. The molecule has 0 bridgehead atoms. The third kappa shape index (κ3) is 3.59. The van der Waals surface area contributed by atoms with Crippen molar-refractivity contribution in [3.05, 3.63) is 65.2 Å². The lowest BCUT2D eigenvalue weighted by molar-refractivity contribution is -0.125. The number of hydrogen-bond acceptors (Lipinski definition) is 3.